The highest BCUT2D eigenvalue weighted by molar-refractivity contribution is 7.13. The highest BCUT2D eigenvalue weighted by Gasteiger charge is 2.18. The predicted octanol–water partition coefficient (Wildman–Crippen LogP) is 3.75. The van der Waals surface area contributed by atoms with Crippen molar-refractivity contribution in [3.8, 4) is 22.1 Å². The second kappa shape index (κ2) is 8.74. The lowest BCUT2D eigenvalue weighted by Crippen LogP contribution is -2.19. The van der Waals surface area contributed by atoms with Crippen molar-refractivity contribution in [2.75, 3.05) is 26.6 Å². The fourth-order valence-electron chi connectivity index (χ4n) is 2.79. The van der Waals surface area contributed by atoms with Gasteiger partial charge in [0.25, 0.3) is 11.8 Å². The van der Waals surface area contributed by atoms with Crippen molar-refractivity contribution in [1.29, 1.82) is 0 Å². The molecule has 3 rings (SSSR count). The van der Waals surface area contributed by atoms with E-state index in [0.29, 0.717) is 27.8 Å². The Balaban J connectivity index is 1.87. The molecule has 0 spiro atoms. The van der Waals surface area contributed by atoms with E-state index in [-0.39, 0.29) is 17.5 Å². The van der Waals surface area contributed by atoms with Crippen LogP contribution in [0.4, 0.5) is 5.69 Å². The van der Waals surface area contributed by atoms with E-state index in [9.17, 15) is 9.59 Å². The van der Waals surface area contributed by atoms with E-state index in [1.165, 1.54) is 11.3 Å². The van der Waals surface area contributed by atoms with E-state index < -0.39 is 0 Å². The van der Waals surface area contributed by atoms with Gasteiger partial charge in [-0.15, -0.1) is 11.3 Å². The van der Waals surface area contributed by atoms with Crippen molar-refractivity contribution >= 4 is 28.8 Å². The second-order valence-electron chi connectivity index (χ2n) is 6.14. The normalized spacial score (nSPS) is 10.3. The minimum absolute atomic E-state index is 0.221. The number of thiazole rings is 1. The van der Waals surface area contributed by atoms with Gasteiger partial charge in [-0.05, 0) is 36.8 Å². The summed E-state index contributed by atoms with van der Waals surface area (Å²) < 4.78 is 10.8. The summed E-state index contributed by atoms with van der Waals surface area (Å²) in [5.41, 5.74) is 2.89. The number of carbonyl (C=O) groups excluding carboxylic acids is 2. The largest absolute Gasteiger partial charge is 0.493 e. The zero-order valence-corrected chi connectivity index (χ0v) is 17.3. The Labute approximate surface area is 172 Å². The Morgan fingerprint density at radius 3 is 2.55 bits per heavy atom. The summed E-state index contributed by atoms with van der Waals surface area (Å²) in [6, 6.07) is 10.6. The molecule has 3 aromatic rings. The second-order valence-corrected chi connectivity index (χ2v) is 7.00. The Hall–Kier alpha value is -3.39. The molecule has 2 aromatic carbocycles. The van der Waals surface area contributed by atoms with Gasteiger partial charge in [0, 0.05) is 23.7 Å². The number of nitrogens with one attached hydrogen (secondary N) is 2. The molecule has 0 unspecified atom stereocenters. The van der Waals surface area contributed by atoms with E-state index in [0.717, 1.165) is 11.1 Å². The van der Waals surface area contributed by atoms with Gasteiger partial charge in [-0.25, -0.2) is 4.98 Å². The molecular weight excluding hydrogens is 390 g/mol. The van der Waals surface area contributed by atoms with Crippen molar-refractivity contribution in [3.63, 3.8) is 0 Å². The first-order chi connectivity index (χ1) is 14.0. The van der Waals surface area contributed by atoms with Gasteiger partial charge in [0.1, 0.15) is 10.7 Å². The van der Waals surface area contributed by atoms with E-state index in [1.54, 1.807) is 50.9 Å². The number of hydrogen-bond acceptors (Lipinski definition) is 6. The summed E-state index contributed by atoms with van der Waals surface area (Å²) in [5.74, 6) is 0.575. The van der Waals surface area contributed by atoms with Crippen LogP contribution in [0.25, 0.3) is 10.6 Å². The average molecular weight is 411 g/mol. The van der Waals surface area contributed by atoms with Crippen molar-refractivity contribution in [3.05, 3.63) is 58.6 Å². The first-order valence-corrected chi connectivity index (χ1v) is 9.67. The molecule has 1 aromatic heterocycles. The van der Waals surface area contributed by atoms with Crippen LogP contribution in [0.5, 0.6) is 11.5 Å². The van der Waals surface area contributed by atoms with Gasteiger partial charge in [0.05, 0.1) is 19.8 Å². The summed E-state index contributed by atoms with van der Waals surface area (Å²) in [5, 5.41) is 7.72. The number of methoxy groups -OCH3 is 2. The molecule has 150 valence electrons. The maximum Gasteiger partial charge on any atom is 0.275 e. The van der Waals surface area contributed by atoms with E-state index in [1.807, 2.05) is 19.1 Å². The smallest absolute Gasteiger partial charge is 0.275 e. The van der Waals surface area contributed by atoms with Crippen molar-refractivity contribution in [2.24, 2.45) is 0 Å². The van der Waals surface area contributed by atoms with Crippen LogP contribution in [0, 0.1) is 6.92 Å². The fourth-order valence-corrected chi connectivity index (χ4v) is 3.61. The number of rotatable bonds is 6. The third kappa shape index (κ3) is 4.22. The topological polar surface area (TPSA) is 89.6 Å². The third-order valence-electron chi connectivity index (χ3n) is 4.35. The maximum atomic E-state index is 12.7. The Kier molecular flexibility index (Phi) is 6.13. The molecule has 0 aliphatic heterocycles. The number of carbonyl (C=O) groups is 2. The van der Waals surface area contributed by atoms with E-state index in [2.05, 4.69) is 15.6 Å². The van der Waals surface area contributed by atoms with E-state index >= 15 is 0 Å². The van der Waals surface area contributed by atoms with Gasteiger partial charge in [-0.2, -0.15) is 0 Å². The van der Waals surface area contributed by atoms with Crippen LogP contribution in [-0.2, 0) is 0 Å². The van der Waals surface area contributed by atoms with Gasteiger partial charge in [0.15, 0.2) is 11.5 Å². The summed E-state index contributed by atoms with van der Waals surface area (Å²) in [6.07, 6.45) is 0. The van der Waals surface area contributed by atoms with Crippen molar-refractivity contribution < 1.29 is 19.1 Å². The standard InChI is InChI=1S/C21H21N3O4S/c1-12-8-9-13(19(25)22-2)10-15(12)23-20(26)16-11-29-21(24-16)14-6-5-7-17(27-3)18(14)28-4/h5-11H,1-4H3,(H,22,25)(H,23,26). The monoisotopic (exact) mass is 411 g/mol. The summed E-state index contributed by atoms with van der Waals surface area (Å²) in [4.78, 5) is 29.0. The summed E-state index contributed by atoms with van der Waals surface area (Å²) in [7, 11) is 4.69. The van der Waals surface area contributed by atoms with Crippen LogP contribution < -0.4 is 20.1 Å². The number of hydrogen-bond donors (Lipinski definition) is 2. The van der Waals surface area contributed by atoms with E-state index in [4.69, 9.17) is 9.47 Å². The average Bonchev–Trinajstić information content (AvgIpc) is 3.24. The minimum Gasteiger partial charge on any atom is -0.493 e. The molecule has 2 N–H and O–H groups in total. The highest BCUT2D eigenvalue weighted by atomic mass is 32.1. The number of para-hydroxylation sites is 1. The third-order valence-corrected chi connectivity index (χ3v) is 5.22. The molecule has 0 aliphatic rings. The number of aromatic nitrogens is 1. The quantitative estimate of drug-likeness (QED) is 0.645. The SMILES string of the molecule is CNC(=O)c1ccc(C)c(NC(=O)c2csc(-c3cccc(OC)c3OC)n2)c1. The zero-order valence-electron chi connectivity index (χ0n) is 16.5. The molecule has 1 heterocycles. The number of anilines is 1. The Morgan fingerprint density at radius 2 is 1.86 bits per heavy atom. The molecule has 0 atom stereocenters. The highest BCUT2D eigenvalue weighted by Crippen LogP contribution is 2.39. The number of benzene rings is 2. The van der Waals surface area contributed by atoms with Gasteiger partial charge in [0.2, 0.25) is 0 Å². The number of aryl methyl sites for hydroxylation is 1. The van der Waals surface area contributed by atoms with Crippen molar-refractivity contribution in [2.45, 2.75) is 6.92 Å². The van der Waals surface area contributed by atoms with Crippen LogP contribution in [0.3, 0.4) is 0 Å². The molecule has 2 amide bonds. The molecular formula is C21H21N3O4S. The maximum absolute atomic E-state index is 12.7. The first-order valence-electron chi connectivity index (χ1n) is 8.79. The molecule has 7 nitrogen and oxygen atoms in total. The predicted molar refractivity (Wildman–Crippen MR) is 113 cm³/mol. The molecule has 29 heavy (non-hydrogen) atoms. The fraction of sp³-hybridized carbons (Fsp3) is 0.190. The van der Waals surface area contributed by atoms with Crippen molar-refractivity contribution in [1.82, 2.24) is 10.3 Å². The first kappa shape index (κ1) is 20.3. The minimum atomic E-state index is -0.355. The van der Waals surface area contributed by atoms with Gasteiger partial charge >= 0.3 is 0 Å². The molecule has 0 saturated heterocycles. The van der Waals surface area contributed by atoms with Crippen LogP contribution in [0.2, 0.25) is 0 Å². The molecule has 0 radical (unpaired) electrons. The molecule has 0 aliphatic carbocycles. The van der Waals surface area contributed by atoms with Crippen LogP contribution in [0.1, 0.15) is 26.4 Å². The summed E-state index contributed by atoms with van der Waals surface area (Å²) >= 11 is 1.33. The molecule has 0 saturated carbocycles. The van der Waals surface area contributed by atoms with Gasteiger partial charge in [-0.3, -0.25) is 9.59 Å². The molecule has 0 fully saturated rings. The van der Waals surface area contributed by atoms with Crippen LogP contribution in [0.15, 0.2) is 41.8 Å². The summed E-state index contributed by atoms with van der Waals surface area (Å²) in [6.45, 7) is 1.86. The Bertz CT molecular complexity index is 1060. The lowest BCUT2D eigenvalue weighted by atomic mass is 10.1. The lowest BCUT2D eigenvalue weighted by molar-refractivity contribution is 0.0961. The van der Waals surface area contributed by atoms with Gasteiger partial charge in [-0.1, -0.05) is 12.1 Å². The zero-order chi connectivity index (χ0) is 21.0. The van der Waals surface area contributed by atoms with Crippen LogP contribution in [-0.4, -0.2) is 38.1 Å². The lowest BCUT2D eigenvalue weighted by Gasteiger charge is -2.10. The number of nitrogens with zero attached hydrogens (tertiary/aromatic N) is 1. The Morgan fingerprint density at radius 1 is 1.07 bits per heavy atom. The molecule has 8 heteroatoms. The number of ether oxygens (including phenoxy) is 2. The molecule has 0 bridgehead atoms. The van der Waals surface area contributed by atoms with Gasteiger partial charge < -0.3 is 20.1 Å². The van der Waals surface area contributed by atoms with Crippen LogP contribution >= 0.6 is 11.3 Å². The number of amides is 2.